The highest BCUT2D eigenvalue weighted by Gasteiger charge is 2.11. The summed E-state index contributed by atoms with van der Waals surface area (Å²) in [4.78, 5) is 15.3. The zero-order valence-electron chi connectivity index (χ0n) is 14.1. The molecule has 1 heterocycles. The minimum atomic E-state index is -0.940. The number of aliphatic hydroxyl groups excluding tert-OH is 1. The van der Waals surface area contributed by atoms with Crippen LogP contribution in [0.3, 0.4) is 0 Å². The average molecular weight is 345 g/mol. The van der Waals surface area contributed by atoms with Crippen LogP contribution in [0.2, 0.25) is 0 Å². The third kappa shape index (κ3) is 4.43. The number of carboxylic acid groups (broad SMARTS) is 1. The summed E-state index contributed by atoms with van der Waals surface area (Å²) in [6.45, 7) is 0. The Morgan fingerprint density at radius 3 is 2.38 bits per heavy atom. The van der Waals surface area contributed by atoms with Gasteiger partial charge in [0, 0.05) is 12.6 Å². The van der Waals surface area contributed by atoms with Gasteiger partial charge < -0.3 is 10.2 Å². The highest BCUT2D eigenvalue weighted by molar-refractivity contribution is 5.88. The van der Waals surface area contributed by atoms with Crippen molar-refractivity contribution in [1.82, 2.24) is 4.98 Å². The molecule has 0 spiro atoms. The van der Waals surface area contributed by atoms with Gasteiger partial charge in [0.15, 0.2) is 0 Å². The van der Waals surface area contributed by atoms with Crippen molar-refractivity contribution in [2.24, 2.45) is 0 Å². The van der Waals surface area contributed by atoms with E-state index in [0.717, 1.165) is 22.4 Å². The van der Waals surface area contributed by atoms with Gasteiger partial charge in [-0.05, 0) is 34.9 Å². The second-order valence-corrected chi connectivity index (χ2v) is 5.93. The second kappa shape index (κ2) is 8.23. The van der Waals surface area contributed by atoms with Gasteiger partial charge in [0.25, 0.3) is 0 Å². The molecule has 0 amide bonds. The molecule has 3 rings (SSSR count). The number of rotatable bonds is 6. The number of aromatic carboxylic acids is 1. The number of carboxylic acids is 1. The number of hydrogen-bond acceptors (Lipinski definition) is 3. The molecule has 0 saturated heterocycles. The molecule has 0 radical (unpaired) electrons. The van der Waals surface area contributed by atoms with Crippen LogP contribution in [0.15, 0.2) is 72.9 Å². The van der Waals surface area contributed by atoms with Gasteiger partial charge in [0.2, 0.25) is 0 Å². The van der Waals surface area contributed by atoms with Gasteiger partial charge in [0.05, 0.1) is 17.4 Å². The largest absolute Gasteiger partial charge is 0.478 e. The van der Waals surface area contributed by atoms with Gasteiger partial charge in [-0.25, -0.2) is 4.79 Å². The average Bonchev–Trinajstić information content (AvgIpc) is 2.68. The standard InChI is InChI=1S/C22H19NO3/c24-21(18-5-2-1-3-6-18)15-20-17(7-4-14-23-20)11-8-16-9-12-19(13-10-16)22(25)26/h1-14,21,24H,15H2,(H,25,26)/b11-8+. The lowest BCUT2D eigenvalue weighted by atomic mass is 10.0. The van der Waals surface area contributed by atoms with Crippen molar-refractivity contribution in [3.63, 3.8) is 0 Å². The Bertz CT molecular complexity index is 902. The number of nitrogens with zero attached hydrogens (tertiary/aromatic N) is 1. The predicted molar refractivity (Wildman–Crippen MR) is 102 cm³/mol. The zero-order chi connectivity index (χ0) is 18.4. The molecule has 4 nitrogen and oxygen atoms in total. The van der Waals surface area contributed by atoms with E-state index in [1.807, 2.05) is 54.6 Å². The maximum Gasteiger partial charge on any atom is 0.335 e. The fourth-order valence-electron chi connectivity index (χ4n) is 2.67. The summed E-state index contributed by atoms with van der Waals surface area (Å²) >= 11 is 0. The second-order valence-electron chi connectivity index (χ2n) is 5.93. The fourth-order valence-corrected chi connectivity index (χ4v) is 2.67. The maximum atomic E-state index is 10.9. The first-order valence-electron chi connectivity index (χ1n) is 8.32. The van der Waals surface area contributed by atoms with E-state index in [4.69, 9.17) is 5.11 Å². The van der Waals surface area contributed by atoms with Crippen LogP contribution in [-0.2, 0) is 6.42 Å². The Balaban J connectivity index is 1.77. The van der Waals surface area contributed by atoms with Crippen LogP contribution < -0.4 is 0 Å². The minimum Gasteiger partial charge on any atom is -0.478 e. The first kappa shape index (κ1) is 17.6. The first-order valence-corrected chi connectivity index (χ1v) is 8.32. The molecule has 1 aromatic heterocycles. The van der Waals surface area contributed by atoms with E-state index in [1.165, 1.54) is 0 Å². The number of aliphatic hydroxyl groups is 1. The summed E-state index contributed by atoms with van der Waals surface area (Å²) in [7, 11) is 0. The van der Waals surface area contributed by atoms with E-state index in [1.54, 1.807) is 30.5 Å². The van der Waals surface area contributed by atoms with Gasteiger partial charge in [-0.15, -0.1) is 0 Å². The van der Waals surface area contributed by atoms with Gasteiger partial charge in [-0.1, -0.05) is 60.7 Å². The van der Waals surface area contributed by atoms with Gasteiger partial charge in [0.1, 0.15) is 0 Å². The van der Waals surface area contributed by atoms with Gasteiger partial charge in [-0.3, -0.25) is 4.98 Å². The Kier molecular flexibility index (Phi) is 5.56. The Hall–Kier alpha value is -3.24. The van der Waals surface area contributed by atoms with Crippen LogP contribution >= 0.6 is 0 Å². The van der Waals surface area contributed by atoms with Crippen LogP contribution in [-0.4, -0.2) is 21.2 Å². The molecule has 1 unspecified atom stereocenters. The minimum absolute atomic E-state index is 0.259. The van der Waals surface area contributed by atoms with Gasteiger partial charge in [-0.2, -0.15) is 0 Å². The number of carbonyl (C=O) groups is 1. The van der Waals surface area contributed by atoms with Crippen LogP contribution in [0.25, 0.3) is 12.2 Å². The molecule has 0 bridgehead atoms. The molecule has 4 heteroatoms. The first-order chi connectivity index (χ1) is 12.6. The maximum absolute atomic E-state index is 10.9. The molecule has 0 saturated carbocycles. The van der Waals surface area contributed by atoms with Crippen molar-refractivity contribution in [1.29, 1.82) is 0 Å². The summed E-state index contributed by atoms with van der Waals surface area (Å²) < 4.78 is 0. The number of pyridine rings is 1. The van der Waals surface area contributed by atoms with Crippen LogP contribution in [0.5, 0.6) is 0 Å². The van der Waals surface area contributed by atoms with E-state index in [0.29, 0.717) is 6.42 Å². The molecule has 3 aromatic rings. The molecule has 0 aliphatic rings. The van der Waals surface area contributed by atoms with Crippen molar-refractivity contribution in [3.05, 3.63) is 101 Å². The van der Waals surface area contributed by atoms with Crippen molar-refractivity contribution >= 4 is 18.1 Å². The highest BCUT2D eigenvalue weighted by Crippen LogP contribution is 2.20. The number of hydrogen-bond donors (Lipinski definition) is 2. The molecular formula is C22H19NO3. The lowest BCUT2D eigenvalue weighted by Crippen LogP contribution is -2.04. The van der Waals surface area contributed by atoms with E-state index in [9.17, 15) is 9.90 Å². The van der Waals surface area contributed by atoms with Crippen molar-refractivity contribution in [2.75, 3.05) is 0 Å². The van der Waals surface area contributed by atoms with Crippen molar-refractivity contribution in [3.8, 4) is 0 Å². The van der Waals surface area contributed by atoms with Crippen molar-refractivity contribution < 1.29 is 15.0 Å². The SMILES string of the molecule is O=C(O)c1ccc(/C=C/c2cccnc2CC(O)c2ccccc2)cc1. The summed E-state index contributed by atoms with van der Waals surface area (Å²) in [5.41, 5.74) is 3.74. The predicted octanol–water partition coefficient (Wildman–Crippen LogP) is 4.23. The van der Waals surface area contributed by atoms with Crippen molar-refractivity contribution in [2.45, 2.75) is 12.5 Å². The topological polar surface area (TPSA) is 70.4 Å². The molecule has 0 fully saturated rings. The molecule has 2 aromatic carbocycles. The number of benzene rings is 2. The van der Waals surface area contributed by atoms with E-state index < -0.39 is 12.1 Å². The Morgan fingerprint density at radius 2 is 1.69 bits per heavy atom. The molecule has 1 atom stereocenters. The normalized spacial score (nSPS) is 12.2. The molecule has 130 valence electrons. The fraction of sp³-hybridized carbons (Fsp3) is 0.0909. The smallest absolute Gasteiger partial charge is 0.335 e. The summed E-state index contributed by atoms with van der Waals surface area (Å²) in [6, 6.07) is 20.0. The Morgan fingerprint density at radius 1 is 0.962 bits per heavy atom. The third-order valence-corrected chi connectivity index (χ3v) is 4.11. The van der Waals surface area contributed by atoms with Crippen LogP contribution in [0, 0.1) is 0 Å². The van der Waals surface area contributed by atoms with Crippen LogP contribution in [0.4, 0.5) is 0 Å². The quantitative estimate of drug-likeness (QED) is 0.701. The lowest BCUT2D eigenvalue weighted by molar-refractivity contribution is 0.0697. The molecule has 2 N–H and O–H groups in total. The summed E-state index contributed by atoms with van der Waals surface area (Å²) in [5, 5.41) is 19.4. The van der Waals surface area contributed by atoms with E-state index >= 15 is 0 Å². The lowest BCUT2D eigenvalue weighted by Gasteiger charge is -2.12. The molecule has 26 heavy (non-hydrogen) atoms. The summed E-state index contributed by atoms with van der Waals surface area (Å²) in [5.74, 6) is -0.940. The molecule has 0 aliphatic carbocycles. The monoisotopic (exact) mass is 345 g/mol. The van der Waals surface area contributed by atoms with Crippen LogP contribution in [0.1, 0.15) is 38.8 Å². The molecule has 0 aliphatic heterocycles. The van der Waals surface area contributed by atoms with E-state index in [-0.39, 0.29) is 5.56 Å². The highest BCUT2D eigenvalue weighted by atomic mass is 16.4. The number of aromatic nitrogens is 1. The van der Waals surface area contributed by atoms with Gasteiger partial charge >= 0.3 is 5.97 Å². The Labute approximate surface area is 152 Å². The third-order valence-electron chi connectivity index (χ3n) is 4.11. The molecular weight excluding hydrogens is 326 g/mol. The van der Waals surface area contributed by atoms with E-state index in [2.05, 4.69) is 4.98 Å². The zero-order valence-corrected chi connectivity index (χ0v) is 14.1. The summed E-state index contributed by atoms with van der Waals surface area (Å²) in [6.07, 6.45) is 5.35.